The molecule has 2 heterocycles. The van der Waals surface area contributed by atoms with Crippen molar-refractivity contribution >= 4 is 27.5 Å². The van der Waals surface area contributed by atoms with Gasteiger partial charge in [-0.05, 0) is 67.0 Å². The summed E-state index contributed by atoms with van der Waals surface area (Å²) in [6.45, 7) is 14.8. The minimum absolute atomic E-state index is 0. The molecule has 0 aliphatic heterocycles. The van der Waals surface area contributed by atoms with Crippen LogP contribution < -0.4 is 0 Å². The topological polar surface area (TPSA) is 63.1 Å². The zero-order valence-corrected chi connectivity index (χ0v) is 30.5. The molecule has 45 heavy (non-hydrogen) atoms. The third kappa shape index (κ3) is 6.67. The summed E-state index contributed by atoms with van der Waals surface area (Å²) < 4.78 is 0. The van der Waals surface area contributed by atoms with E-state index in [0.717, 1.165) is 36.9 Å². The second kappa shape index (κ2) is 14.3. The molecule has 2 aromatic carbocycles. The van der Waals surface area contributed by atoms with E-state index in [2.05, 4.69) is 69.3 Å². The van der Waals surface area contributed by atoms with E-state index in [4.69, 9.17) is 9.97 Å². The minimum atomic E-state index is 0. The quantitative estimate of drug-likeness (QED) is 0.115. The van der Waals surface area contributed by atoms with Crippen LogP contribution in [0.5, 0.6) is 0 Å². The molecular formula is C40H49IrN2O2-. The Labute approximate surface area is 283 Å². The van der Waals surface area contributed by atoms with Crippen molar-refractivity contribution in [2.45, 2.75) is 111 Å². The maximum Gasteiger partial charge on any atom is 0.162 e. The molecule has 1 radical (unpaired) electrons. The number of carbonyl (C=O) groups excluding carboxylic acids is 1. The van der Waals surface area contributed by atoms with E-state index in [9.17, 15) is 9.90 Å². The molecule has 6 rings (SSSR count). The smallest absolute Gasteiger partial charge is 0.162 e. The average molecular weight is 782 g/mol. The Morgan fingerprint density at radius 1 is 0.956 bits per heavy atom. The van der Waals surface area contributed by atoms with Gasteiger partial charge < -0.3 is 5.11 Å². The zero-order valence-electron chi connectivity index (χ0n) is 28.1. The second-order valence-electron chi connectivity index (χ2n) is 13.8. The van der Waals surface area contributed by atoms with Gasteiger partial charge in [-0.2, -0.15) is 0 Å². The van der Waals surface area contributed by atoms with Crippen LogP contribution in [0.25, 0.3) is 32.9 Å². The number of aliphatic hydroxyl groups excluding tert-OH is 1. The summed E-state index contributed by atoms with van der Waals surface area (Å²) in [5.74, 6) is 0.547. The van der Waals surface area contributed by atoms with E-state index in [0.29, 0.717) is 0 Å². The molecule has 0 unspecified atom stereocenters. The Hall–Kier alpha value is -2.88. The van der Waals surface area contributed by atoms with Crippen LogP contribution in [0.2, 0.25) is 0 Å². The summed E-state index contributed by atoms with van der Waals surface area (Å²) in [4.78, 5) is 21.7. The largest absolute Gasteiger partial charge is 0.512 e. The van der Waals surface area contributed by atoms with Crippen molar-refractivity contribution in [2.75, 3.05) is 0 Å². The number of pyridine rings is 2. The first kappa shape index (κ1) is 35.0. The summed E-state index contributed by atoms with van der Waals surface area (Å²) in [7, 11) is 0. The molecule has 0 atom stereocenters. The van der Waals surface area contributed by atoms with Crippen molar-refractivity contribution in [3.63, 3.8) is 0 Å². The fourth-order valence-electron chi connectivity index (χ4n) is 7.30. The van der Waals surface area contributed by atoms with Crippen molar-refractivity contribution in [3.05, 3.63) is 83.4 Å². The normalized spacial score (nSPS) is 15.3. The van der Waals surface area contributed by atoms with Crippen LogP contribution >= 0.6 is 0 Å². The fraction of sp³-hybridized carbons (Fsp3) is 0.475. The third-order valence-electron chi connectivity index (χ3n) is 10.1. The van der Waals surface area contributed by atoms with Gasteiger partial charge in [0, 0.05) is 61.0 Å². The van der Waals surface area contributed by atoms with Gasteiger partial charge in [0.25, 0.3) is 0 Å². The zero-order chi connectivity index (χ0) is 31.6. The Kier molecular flexibility index (Phi) is 11.1. The van der Waals surface area contributed by atoms with E-state index in [1.165, 1.54) is 70.3 Å². The van der Waals surface area contributed by atoms with Crippen LogP contribution in [0.3, 0.4) is 0 Å². The molecular weight excluding hydrogens is 733 g/mol. The van der Waals surface area contributed by atoms with Gasteiger partial charge >= 0.3 is 0 Å². The Bertz CT molecular complexity index is 1690. The van der Waals surface area contributed by atoms with Gasteiger partial charge in [0.2, 0.25) is 0 Å². The van der Waals surface area contributed by atoms with Gasteiger partial charge in [0.15, 0.2) is 5.78 Å². The van der Waals surface area contributed by atoms with E-state index in [1.54, 1.807) is 0 Å². The van der Waals surface area contributed by atoms with Gasteiger partial charge in [-0.3, -0.25) is 14.8 Å². The van der Waals surface area contributed by atoms with Crippen molar-refractivity contribution in [2.24, 2.45) is 11.8 Å². The number of fused-ring (bicyclic) bond motifs is 5. The van der Waals surface area contributed by atoms with Crippen molar-refractivity contribution in [3.8, 4) is 11.3 Å². The van der Waals surface area contributed by atoms with Gasteiger partial charge in [-0.25, -0.2) is 0 Å². The fourth-order valence-corrected chi connectivity index (χ4v) is 7.30. The SMILES string of the molecule is CC(C)(C)c1cc2c3c(nccc3n1)-c1[c-]c3ccccc3cc1C21CCCC1.CCC(CC)C(=O)/C=C(\O)C(CC)CC.[Ir]. The van der Waals surface area contributed by atoms with Gasteiger partial charge in [0.05, 0.1) is 11.3 Å². The van der Waals surface area contributed by atoms with Crippen molar-refractivity contribution in [1.29, 1.82) is 0 Å². The first-order valence-electron chi connectivity index (χ1n) is 16.8. The van der Waals surface area contributed by atoms with Crippen LogP contribution in [-0.2, 0) is 35.7 Å². The maximum atomic E-state index is 11.7. The second-order valence-corrected chi connectivity index (χ2v) is 13.8. The number of nitrogens with zero attached hydrogens (tertiary/aromatic N) is 2. The molecule has 241 valence electrons. The van der Waals surface area contributed by atoms with E-state index in [1.807, 2.05) is 33.9 Å². The summed E-state index contributed by atoms with van der Waals surface area (Å²) >= 11 is 0. The predicted octanol–water partition coefficient (Wildman–Crippen LogP) is 10.6. The van der Waals surface area contributed by atoms with E-state index >= 15 is 0 Å². The molecule has 0 amide bonds. The number of aromatic nitrogens is 2. The summed E-state index contributed by atoms with van der Waals surface area (Å²) in [6.07, 6.45) is 11.8. The molecule has 2 aliphatic carbocycles. The van der Waals surface area contributed by atoms with Crippen molar-refractivity contribution in [1.82, 2.24) is 9.97 Å². The number of ketones is 1. The van der Waals surface area contributed by atoms with Crippen LogP contribution in [0, 0.1) is 17.9 Å². The minimum Gasteiger partial charge on any atom is -0.512 e. The molecule has 1 N–H and O–H groups in total. The molecule has 2 aliphatic rings. The van der Waals surface area contributed by atoms with Crippen LogP contribution in [0.4, 0.5) is 0 Å². The molecule has 0 saturated heterocycles. The van der Waals surface area contributed by atoms with Crippen molar-refractivity contribution < 1.29 is 30.0 Å². The van der Waals surface area contributed by atoms with Gasteiger partial charge in [0.1, 0.15) is 0 Å². The number of benzene rings is 2. The number of hydrogen-bond donors (Lipinski definition) is 1. The maximum absolute atomic E-state index is 11.7. The summed E-state index contributed by atoms with van der Waals surface area (Å²) in [5, 5.41) is 13.5. The van der Waals surface area contributed by atoms with Crippen LogP contribution in [-0.4, -0.2) is 20.9 Å². The molecule has 4 aromatic rings. The molecule has 1 fully saturated rings. The molecule has 0 bridgehead atoms. The molecule has 5 heteroatoms. The van der Waals surface area contributed by atoms with Gasteiger partial charge in [-0.15, -0.1) is 23.6 Å². The number of carbonyl (C=O) groups is 1. The Morgan fingerprint density at radius 3 is 2.22 bits per heavy atom. The number of rotatable bonds is 7. The number of hydrogen-bond acceptors (Lipinski definition) is 4. The number of allylic oxidation sites excluding steroid dienone is 2. The monoisotopic (exact) mass is 782 g/mol. The summed E-state index contributed by atoms with van der Waals surface area (Å²) in [6, 6.07) is 19.3. The van der Waals surface area contributed by atoms with Crippen LogP contribution in [0.15, 0.2) is 60.5 Å². The van der Waals surface area contributed by atoms with E-state index < -0.39 is 0 Å². The van der Waals surface area contributed by atoms with E-state index in [-0.39, 0.29) is 54.3 Å². The average Bonchev–Trinajstić information content (AvgIpc) is 3.51. The molecule has 2 aromatic heterocycles. The Morgan fingerprint density at radius 2 is 1.60 bits per heavy atom. The van der Waals surface area contributed by atoms with Crippen LogP contribution in [0.1, 0.15) is 117 Å². The standard InChI is InChI=1S/C27H25N2.C13H24O2.Ir/c1-26(2,3)23-16-21-24-22(29-23)10-13-28-25(24)19-14-17-8-4-5-9-18(17)15-20(19)27(21)11-6-7-12-27;1-5-10(6-2)12(14)9-13(15)11(7-3)8-4;/h4-5,8-10,13,15-16H,6-7,11-12H2,1-3H3;9-11,14H,5-8H2,1-4H3;/q-1;;/b;12-9-;. The number of aliphatic hydroxyl groups is 1. The molecule has 1 saturated carbocycles. The Balaban J connectivity index is 0.000000249. The third-order valence-corrected chi connectivity index (χ3v) is 10.1. The molecule has 1 spiro atoms. The first-order valence-corrected chi connectivity index (χ1v) is 16.8. The van der Waals surface area contributed by atoms with Gasteiger partial charge in [-0.1, -0.05) is 96.0 Å². The summed E-state index contributed by atoms with van der Waals surface area (Å²) in [5.41, 5.74) is 7.46. The molecule has 4 nitrogen and oxygen atoms in total. The first-order chi connectivity index (χ1) is 21.1. The predicted molar refractivity (Wildman–Crippen MR) is 183 cm³/mol.